The number of nitrogens with zero attached hydrogens (tertiary/aromatic N) is 1. The summed E-state index contributed by atoms with van der Waals surface area (Å²) in [5.41, 5.74) is -0.0689. The number of carboxylic acids is 1. The molecule has 1 aromatic rings. The zero-order valence-electron chi connectivity index (χ0n) is 9.08. The van der Waals surface area contributed by atoms with Crippen LogP contribution in [0.4, 0.5) is 5.69 Å². The Hall–Kier alpha value is -2.39. The molecule has 1 rings (SSSR count). The molecule has 0 amide bonds. The van der Waals surface area contributed by atoms with Crippen LogP contribution in [-0.2, 0) is 0 Å². The maximum atomic E-state index is 10.3. The maximum absolute atomic E-state index is 10.3. The normalized spacial score (nSPS) is 8.12. The highest BCUT2D eigenvalue weighted by Crippen LogP contribution is 2.11. The van der Waals surface area contributed by atoms with Crippen LogP contribution in [0, 0.1) is 22.0 Å². The molecule has 0 unspecified atom stereocenters. The van der Waals surface area contributed by atoms with Gasteiger partial charge in [-0.25, -0.2) is 4.79 Å². The number of aliphatic hydroxyl groups excluding tert-OH is 1. The summed E-state index contributed by atoms with van der Waals surface area (Å²) in [6.45, 7) is 1.67. The lowest BCUT2D eigenvalue weighted by molar-refractivity contribution is -0.384. The van der Waals surface area contributed by atoms with Crippen LogP contribution >= 0.6 is 0 Å². The molecule has 0 fully saturated rings. The molecule has 90 valence electrons. The van der Waals surface area contributed by atoms with Crippen molar-refractivity contribution in [3.63, 3.8) is 0 Å². The summed E-state index contributed by atoms with van der Waals surface area (Å²) in [5, 5.41) is 26.5. The average molecular weight is 237 g/mol. The van der Waals surface area contributed by atoms with Gasteiger partial charge in [0.05, 0.1) is 10.5 Å². The van der Waals surface area contributed by atoms with Gasteiger partial charge >= 0.3 is 5.97 Å². The standard InChI is InChI=1S/C7H5NO4.C4H6O/c9-7(10)5-1-3-6(4-2-5)8(11)12;1-2-3-4-5/h1-4H,(H,9,10);5H,4H2,1H3. The third-order valence-electron chi connectivity index (χ3n) is 1.58. The molecular weight excluding hydrogens is 226 g/mol. The number of non-ortho nitro benzene ring substituents is 1. The van der Waals surface area contributed by atoms with Crippen LogP contribution in [0.5, 0.6) is 0 Å². The Bertz CT molecular complexity index is 408. The maximum Gasteiger partial charge on any atom is 0.335 e. The van der Waals surface area contributed by atoms with E-state index in [4.69, 9.17) is 10.2 Å². The number of aliphatic hydroxyl groups is 1. The van der Waals surface area contributed by atoms with Crippen LogP contribution in [-0.4, -0.2) is 27.7 Å². The van der Waals surface area contributed by atoms with Gasteiger partial charge in [-0.15, -0.1) is 5.92 Å². The van der Waals surface area contributed by atoms with Gasteiger partial charge in [0.25, 0.3) is 5.69 Å². The number of rotatable bonds is 2. The van der Waals surface area contributed by atoms with Crippen LogP contribution in [0.15, 0.2) is 24.3 Å². The van der Waals surface area contributed by atoms with Crippen molar-refractivity contribution in [2.45, 2.75) is 6.92 Å². The van der Waals surface area contributed by atoms with Crippen molar-refractivity contribution in [3.05, 3.63) is 39.9 Å². The van der Waals surface area contributed by atoms with E-state index in [1.165, 1.54) is 12.1 Å². The molecule has 2 N–H and O–H groups in total. The van der Waals surface area contributed by atoms with Gasteiger partial charge in [0.1, 0.15) is 6.61 Å². The van der Waals surface area contributed by atoms with Crippen LogP contribution in [0.1, 0.15) is 17.3 Å². The molecule has 0 aromatic heterocycles. The predicted molar refractivity (Wildman–Crippen MR) is 60.6 cm³/mol. The molecule has 0 atom stereocenters. The SMILES string of the molecule is CC#CCO.O=C(O)c1ccc([N+](=O)[O-])cc1. The Morgan fingerprint density at radius 1 is 1.41 bits per heavy atom. The lowest BCUT2D eigenvalue weighted by Gasteiger charge is -1.92. The first-order valence-corrected chi connectivity index (χ1v) is 4.51. The van der Waals surface area contributed by atoms with Gasteiger partial charge in [-0.1, -0.05) is 5.92 Å². The number of aromatic carboxylic acids is 1. The predicted octanol–water partition coefficient (Wildman–Crippen LogP) is 1.30. The molecular formula is C11H11NO5. The van der Waals surface area contributed by atoms with Crippen molar-refractivity contribution < 1.29 is 19.9 Å². The van der Waals surface area contributed by atoms with Crippen molar-refractivity contribution in [2.75, 3.05) is 6.61 Å². The lowest BCUT2D eigenvalue weighted by atomic mass is 10.2. The van der Waals surface area contributed by atoms with E-state index in [1.807, 2.05) is 0 Å². The summed E-state index contributed by atoms with van der Waals surface area (Å²) in [4.78, 5) is 19.9. The second kappa shape index (κ2) is 7.84. The fourth-order valence-electron chi connectivity index (χ4n) is 0.805. The molecule has 0 spiro atoms. The molecule has 0 saturated carbocycles. The average Bonchev–Trinajstić information content (AvgIpc) is 2.31. The molecule has 0 aliphatic rings. The number of carbonyl (C=O) groups is 1. The highest BCUT2D eigenvalue weighted by Gasteiger charge is 2.06. The molecule has 0 radical (unpaired) electrons. The first kappa shape index (κ1) is 14.6. The molecule has 0 heterocycles. The van der Waals surface area contributed by atoms with Gasteiger partial charge in [0.15, 0.2) is 0 Å². The fourth-order valence-corrected chi connectivity index (χ4v) is 0.805. The van der Waals surface area contributed by atoms with Crippen molar-refractivity contribution in [2.24, 2.45) is 0 Å². The third kappa shape index (κ3) is 5.92. The molecule has 6 nitrogen and oxygen atoms in total. The second-order valence-electron chi connectivity index (χ2n) is 2.69. The van der Waals surface area contributed by atoms with Crippen molar-refractivity contribution >= 4 is 11.7 Å². The van der Waals surface area contributed by atoms with Crippen molar-refractivity contribution in [3.8, 4) is 11.8 Å². The lowest BCUT2D eigenvalue weighted by Crippen LogP contribution is -1.96. The van der Waals surface area contributed by atoms with Crippen LogP contribution in [0.3, 0.4) is 0 Å². The molecule has 0 aliphatic carbocycles. The first-order valence-electron chi connectivity index (χ1n) is 4.51. The Morgan fingerprint density at radius 3 is 2.18 bits per heavy atom. The van der Waals surface area contributed by atoms with E-state index in [2.05, 4.69) is 11.8 Å². The van der Waals surface area contributed by atoms with Gasteiger partial charge in [0, 0.05) is 12.1 Å². The quantitative estimate of drug-likeness (QED) is 0.458. The molecule has 6 heteroatoms. The van der Waals surface area contributed by atoms with Crippen molar-refractivity contribution in [1.29, 1.82) is 0 Å². The summed E-state index contributed by atoms with van der Waals surface area (Å²) in [6.07, 6.45) is 0. The summed E-state index contributed by atoms with van der Waals surface area (Å²) < 4.78 is 0. The zero-order valence-corrected chi connectivity index (χ0v) is 9.08. The Morgan fingerprint density at radius 2 is 1.94 bits per heavy atom. The van der Waals surface area contributed by atoms with E-state index in [0.717, 1.165) is 12.1 Å². The number of hydrogen-bond donors (Lipinski definition) is 2. The topological polar surface area (TPSA) is 101 Å². The van der Waals surface area contributed by atoms with E-state index < -0.39 is 10.9 Å². The number of nitro groups is 1. The molecule has 17 heavy (non-hydrogen) atoms. The smallest absolute Gasteiger partial charge is 0.335 e. The number of carboxylic acid groups (broad SMARTS) is 1. The molecule has 0 saturated heterocycles. The summed E-state index contributed by atoms with van der Waals surface area (Å²) in [5.74, 6) is 3.84. The van der Waals surface area contributed by atoms with E-state index in [9.17, 15) is 14.9 Å². The fraction of sp³-hybridized carbons (Fsp3) is 0.182. The second-order valence-corrected chi connectivity index (χ2v) is 2.69. The Balaban J connectivity index is 0.000000437. The number of benzene rings is 1. The first-order chi connectivity index (χ1) is 8.02. The highest BCUT2D eigenvalue weighted by atomic mass is 16.6. The zero-order chi connectivity index (χ0) is 13.3. The van der Waals surface area contributed by atoms with E-state index >= 15 is 0 Å². The van der Waals surface area contributed by atoms with Gasteiger partial charge in [-0.05, 0) is 19.1 Å². The monoisotopic (exact) mass is 237 g/mol. The molecule has 0 aliphatic heterocycles. The summed E-state index contributed by atoms with van der Waals surface area (Å²) in [7, 11) is 0. The largest absolute Gasteiger partial charge is 0.478 e. The Kier molecular flexibility index (Phi) is 6.74. The van der Waals surface area contributed by atoms with E-state index in [1.54, 1.807) is 6.92 Å². The van der Waals surface area contributed by atoms with Gasteiger partial charge in [-0.3, -0.25) is 10.1 Å². The number of hydrogen-bond acceptors (Lipinski definition) is 4. The van der Waals surface area contributed by atoms with Gasteiger partial charge in [-0.2, -0.15) is 0 Å². The van der Waals surface area contributed by atoms with Crippen LogP contribution < -0.4 is 0 Å². The van der Waals surface area contributed by atoms with Crippen LogP contribution in [0.2, 0.25) is 0 Å². The molecule has 1 aromatic carbocycles. The molecule has 0 bridgehead atoms. The van der Waals surface area contributed by atoms with Crippen LogP contribution in [0.25, 0.3) is 0 Å². The minimum absolute atomic E-state index is 0.0174. The van der Waals surface area contributed by atoms with E-state index in [0.29, 0.717) is 0 Å². The van der Waals surface area contributed by atoms with Gasteiger partial charge in [0.2, 0.25) is 0 Å². The Labute approximate surface area is 97.7 Å². The summed E-state index contributed by atoms with van der Waals surface area (Å²) in [6, 6.07) is 4.70. The van der Waals surface area contributed by atoms with E-state index in [-0.39, 0.29) is 17.9 Å². The van der Waals surface area contributed by atoms with Gasteiger partial charge < -0.3 is 10.2 Å². The summed E-state index contributed by atoms with van der Waals surface area (Å²) >= 11 is 0. The minimum atomic E-state index is -1.09. The third-order valence-corrected chi connectivity index (χ3v) is 1.58. The van der Waals surface area contributed by atoms with Crippen molar-refractivity contribution in [1.82, 2.24) is 0 Å². The minimum Gasteiger partial charge on any atom is -0.478 e. The number of nitro benzene ring substituents is 1. The highest BCUT2D eigenvalue weighted by molar-refractivity contribution is 5.87.